The van der Waals surface area contributed by atoms with Gasteiger partial charge >= 0.3 is 0 Å². The first kappa shape index (κ1) is 7.53. The van der Waals surface area contributed by atoms with Crippen molar-refractivity contribution in [3.8, 4) is 0 Å². The van der Waals surface area contributed by atoms with E-state index >= 15 is 0 Å². The van der Waals surface area contributed by atoms with Crippen LogP contribution < -0.4 is 10.6 Å². The molecule has 2 saturated heterocycles. The van der Waals surface area contributed by atoms with Crippen LogP contribution in [0, 0.1) is 5.92 Å². The number of aliphatic hydroxyl groups is 1. The molecule has 11 heavy (non-hydrogen) atoms. The van der Waals surface area contributed by atoms with E-state index in [0.29, 0.717) is 5.92 Å². The van der Waals surface area contributed by atoms with E-state index in [1.807, 2.05) is 0 Å². The average Bonchev–Trinajstić information content (AvgIpc) is 1.83. The van der Waals surface area contributed by atoms with Crippen LogP contribution in [0.15, 0.2) is 0 Å². The van der Waals surface area contributed by atoms with E-state index in [1.54, 1.807) is 0 Å². The van der Waals surface area contributed by atoms with Crippen molar-refractivity contribution in [2.75, 3.05) is 26.2 Å². The highest BCUT2D eigenvalue weighted by molar-refractivity contribution is 4.97. The summed E-state index contributed by atoms with van der Waals surface area (Å²) < 4.78 is 0. The number of hydrogen-bond acceptors (Lipinski definition) is 3. The Bertz CT molecular complexity index is 139. The monoisotopic (exact) mass is 156 g/mol. The Morgan fingerprint density at radius 1 is 1.27 bits per heavy atom. The molecule has 0 aliphatic carbocycles. The lowest BCUT2D eigenvalue weighted by molar-refractivity contribution is -0.0555. The van der Waals surface area contributed by atoms with E-state index in [4.69, 9.17) is 0 Å². The topological polar surface area (TPSA) is 44.3 Å². The van der Waals surface area contributed by atoms with Gasteiger partial charge in [0.25, 0.3) is 0 Å². The smallest absolute Gasteiger partial charge is 0.0824 e. The molecule has 0 amide bonds. The molecule has 2 aliphatic heterocycles. The lowest BCUT2D eigenvalue weighted by atomic mass is 9.78. The van der Waals surface area contributed by atoms with Gasteiger partial charge in [0.2, 0.25) is 0 Å². The fraction of sp³-hybridized carbons (Fsp3) is 1.00. The van der Waals surface area contributed by atoms with Crippen LogP contribution in [0.5, 0.6) is 0 Å². The Kier molecular flexibility index (Phi) is 1.87. The van der Waals surface area contributed by atoms with Crippen molar-refractivity contribution in [2.45, 2.75) is 18.4 Å². The first-order valence-electron chi connectivity index (χ1n) is 4.45. The molecule has 0 saturated carbocycles. The van der Waals surface area contributed by atoms with Crippen molar-refractivity contribution >= 4 is 0 Å². The van der Waals surface area contributed by atoms with E-state index < -0.39 is 5.60 Å². The van der Waals surface area contributed by atoms with Gasteiger partial charge in [-0.25, -0.2) is 0 Å². The second-order valence-electron chi connectivity index (χ2n) is 3.74. The maximum absolute atomic E-state index is 10.1. The summed E-state index contributed by atoms with van der Waals surface area (Å²) in [7, 11) is 0. The van der Waals surface area contributed by atoms with Crippen LogP contribution in [0.25, 0.3) is 0 Å². The highest BCUT2D eigenvalue weighted by Crippen LogP contribution is 2.27. The molecule has 1 atom stereocenters. The molecule has 0 aromatic rings. The molecular weight excluding hydrogens is 140 g/mol. The highest BCUT2D eigenvalue weighted by atomic mass is 16.3. The maximum atomic E-state index is 10.1. The fourth-order valence-corrected chi connectivity index (χ4v) is 1.93. The van der Waals surface area contributed by atoms with Crippen LogP contribution in [-0.2, 0) is 0 Å². The quantitative estimate of drug-likeness (QED) is 0.471. The van der Waals surface area contributed by atoms with Crippen molar-refractivity contribution in [1.82, 2.24) is 10.6 Å². The second kappa shape index (κ2) is 2.73. The van der Waals surface area contributed by atoms with Crippen molar-refractivity contribution < 1.29 is 5.11 Å². The Labute approximate surface area is 67.2 Å². The third kappa shape index (κ3) is 1.28. The van der Waals surface area contributed by atoms with Gasteiger partial charge < -0.3 is 15.7 Å². The van der Waals surface area contributed by atoms with Crippen LogP contribution in [0.2, 0.25) is 0 Å². The van der Waals surface area contributed by atoms with Crippen molar-refractivity contribution in [3.05, 3.63) is 0 Å². The summed E-state index contributed by atoms with van der Waals surface area (Å²) in [6.07, 6.45) is 2.10. The van der Waals surface area contributed by atoms with Crippen LogP contribution >= 0.6 is 0 Å². The first-order chi connectivity index (χ1) is 5.31. The summed E-state index contributed by atoms with van der Waals surface area (Å²) in [4.78, 5) is 0. The van der Waals surface area contributed by atoms with E-state index in [2.05, 4.69) is 10.6 Å². The zero-order valence-corrected chi connectivity index (χ0v) is 6.77. The molecule has 0 aromatic carbocycles. The summed E-state index contributed by atoms with van der Waals surface area (Å²) in [5.74, 6) is 0.496. The molecule has 3 N–H and O–H groups in total. The predicted molar refractivity (Wildman–Crippen MR) is 43.4 cm³/mol. The van der Waals surface area contributed by atoms with Gasteiger partial charge in [0.15, 0.2) is 0 Å². The second-order valence-corrected chi connectivity index (χ2v) is 3.74. The molecule has 3 nitrogen and oxygen atoms in total. The Morgan fingerprint density at radius 3 is 2.55 bits per heavy atom. The molecule has 3 heteroatoms. The molecule has 0 bridgehead atoms. The summed E-state index contributed by atoms with van der Waals surface area (Å²) in [5.41, 5.74) is -0.399. The van der Waals surface area contributed by atoms with Crippen LogP contribution in [0.1, 0.15) is 12.8 Å². The van der Waals surface area contributed by atoms with Crippen LogP contribution in [0.4, 0.5) is 0 Å². The lowest BCUT2D eigenvalue weighted by Crippen LogP contribution is -2.61. The molecule has 0 radical (unpaired) electrons. The third-order valence-electron chi connectivity index (χ3n) is 2.94. The van der Waals surface area contributed by atoms with Gasteiger partial charge in [-0.15, -0.1) is 0 Å². The standard InChI is InChI=1S/C8H16N2O/c11-8(7-4-10-5-7)2-1-3-9-6-8/h7,9-11H,1-6H2. The number of rotatable bonds is 1. The summed E-state index contributed by atoms with van der Waals surface area (Å²) in [6.45, 7) is 3.86. The van der Waals surface area contributed by atoms with Crippen LogP contribution in [0.3, 0.4) is 0 Å². The minimum absolute atomic E-state index is 0.399. The van der Waals surface area contributed by atoms with Crippen molar-refractivity contribution in [3.63, 3.8) is 0 Å². The van der Waals surface area contributed by atoms with Gasteiger partial charge in [-0.05, 0) is 19.4 Å². The number of hydrogen-bond donors (Lipinski definition) is 3. The minimum Gasteiger partial charge on any atom is -0.388 e. The maximum Gasteiger partial charge on any atom is 0.0824 e. The third-order valence-corrected chi connectivity index (χ3v) is 2.94. The average molecular weight is 156 g/mol. The highest BCUT2D eigenvalue weighted by Gasteiger charge is 2.40. The minimum atomic E-state index is -0.399. The zero-order chi connectivity index (χ0) is 7.73. The van der Waals surface area contributed by atoms with E-state index in [0.717, 1.165) is 39.0 Å². The molecule has 2 rings (SSSR count). The van der Waals surface area contributed by atoms with Crippen LogP contribution in [-0.4, -0.2) is 36.9 Å². The molecule has 2 aliphatic rings. The van der Waals surface area contributed by atoms with Crippen molar-refractivity contribution in [1.29, 1.82) is 0 Å². The van der Waals surface area contributed by atoms with Gasteiger partial charge in [0, 0.05) is 25.6 Å². The summed E-state index contributed by atoms with van der Waals surface area (Å²) in [6, 6.07) is 0. The molecule has 64 valence electrons. The molecule has 2 heterocycles. The lowest BCUT2D eigenvalue weighted by Gasteiger charge is -2.44. The number of β-amino-alcohol motifs (C(OH)–C–C–N with tert-alkyl or cyclic N) is 1. The number of nitrogens with one attached hydrogen (secondary N) is 2. The van der Waals surface area contributed by atoms with E-state index in [9.17, 15) is 5.11 Å². The molecule has 0 spiro atoms. The van der Waals surface area contributed by atoms with Gasteiger partial charge in [0.05, 0.1) is 5.60 Å². The zero-order valence-electron chi connectivity index (χ0n) is 6.77. The van der Waals surface area contributed by atoms with Crippen molar-refractivity contribution in [2.24, 2.45) is 5.92 Å². The first-order valence-corrected chi connectivity index (χ1v) is 4.45. The van der Waals surface area contributed by atoms with Gasteiger partial charge in [-0.2, -0.15) is 0 Å². The molecular formula is C8H16N2O. The Morgan fingerprint density at radius 2 is 2.09 bits per heavy atom. The largest absolute Gasteiger partial charge is 0.388 e. The Hall–Kier alpha value is -0.120. The van der Waals surface area contributed by atoms with E-state index in [1.165, 1.54) is 0 Å². The molecule has 2 fully saturated rings. The van der Waals surface area contributed by atoms with Gasteiger partial charge in [0.1, 0.15) is 0 Å². The predicted octanol–water partition coefficient (Wildman–Crippen LogP) is -0.680. The SMILES string of the molecule is OC1(C2CNC2)CCCNC1. The summed E-state index contributed by atoms with van der Waals surface area (Å²) >= 11 is 0. The molecule has 0 aromatic heterocycles. The Balaban J connectivity index is 1.94. The van der Waals surface area contributed by atoms with Gasteiger partial charge in [-0.1, -0.05) is 0 Å². The normalized spacial score (nSPS) is 40.1. The fourth-order valence-electron chi connectivity index (χ4n) is 1.93. The summed E-state index contributed by atoms with van der Waals surface area (Å²) in [5, 5.41) is 16.5. The number of piperidine rings is 1. The molecule has 1 unspecified atom stereocenters. The van der Waals surface area contributed by atoms with Gasteiger partial charge in [-0.3, -0.25) is 0 Å². The van der Waals surface area contributed by atoms with E-state index in [-0.39, 0.29) is 0 Å².